The lowest BCUT2D eigenvalue weighted by molar-refractivity contribution is -0.121. The molecule has 0 saturated heterocycles. The van der Waals surface area contributed by atoms with Crippen molar-refractivity contribution < 1.29 is 9.59 Å². The number of nitriles is 1. The molecule has 148 valence electrons. The van der Waals surface area contributed by atoms with Crippen molar-refractivity contribution in [1.29, 1.82) is 5.26 Å². The highest BCUT2D eigenvalue weighted by Gasteiger charge is 2.29. The van der Waals surface area contributed by atoms with Crippen molar-refractivity contribution in [3.8, 4) is 6.07 Å². The molecular weight excluding hydrogens is 382 g/mol. The lowest BCUT2D eigenvalue weighted by Crippen LogP contribution is -2.32. The standard InChI is InChI=1S/C23H23N3O2S/c1-15-3-7-17(8-4-15)13-25-22(28)14-29-23-20(12-24)19(11-21(27)26-23)18-9-5-16(2)6-10-18/h3-10,19H,11,13-14H2,1-2H3,(H,25,28)(H,26,27)/t19-/m0/s1. The summed E-state index contributed by atoms with van der Waals surface area (Å²) in [5, 5.41) is 15.8. The number of rotatable bonds is 6. The van der Waals surface area contributed by atoms with Gasteiger partial charge in [0, 0.05) is 18.9 Å². The highest BCUT2D eigenvalue weighted by molar-refractivity contribution is 8.03. The topological polar surface area (TPSA) is 82.0 Å². The number of allylic oxidation sites excluding steroid dienone is 1. The maximum atomic E-state index is 12.2. The third-order valence-corrected chi connectivity index (χ3v) is 5.81. The normalized spacial score (nSPS) is 16.2. The number of nitrogens with zero attached hydrogens (tertiary/aromatic N) is 1. The van der Waals surface area contributed by atoms with Crippen LogP contribution in [0, 0.1) is 25.2 Å². The molecule has 29 heavy (non-hydrogen) atoms. The van der Waals surface area contributed by atoms with E-state index in [-0.39, 0.29) is 29.9 Å². The molecule has 0 unspecified atom stereocenters. The molecule has 0 bridgehead atoms. The Kier molecular flexibility index (Phi) is 6.73. The van der Waals surface area contributed by atoms with Crippen molar-refractivity contribution in [3.05, 3.63) is 81.4 Å². The summed E-state index contributed by atoms with van der Waals surface area (Å²) in [5.74, 6) is -0.440. The smallest absolute Gasteiger partial charge is 0.230 e. The molecule has 0 fully saturated rings. The number of carbonyl (C=O) groups is 2. The molecule has 0 spiro atoms. The van der Waals surface area contributed by atoms with Gasteiger partial charge in [0.15, 0.2) is 0 Å². The van der Waals surface area contributed by atoms with E-state index in [0.717, 1.165) is 16.7 Å². The Morgan fingerprint density at radius 3 is 2.38 bits per heavy atom. The fraction of sp³-hybridized carbons (Fsp3) is 0.261. The van der Waals surface area contributed by atoms with Gasteiger partial charge in [-0.2, -0.15) is 5.26 Å². The predicted octanol–water partition coefficient (Wildman–Crippen LogP) is 3.69. The average molecular weight is 406 g/mol. The molecule has 2 N–H and O–H groups in total. The molecule has 0 aromatic heterocycles. The quantitative estimate of drug-likeness (QED) is 0.768. The average Bonchev–Trinajstić information content (AvgIpc) is 2.72. The first-order valence-corrected chi connectivity index (χ1v) is 10.4. The van der Waals surface area contributed by atoms with Crippen molar-refractivity contribution in [2.75, 3.05) is 5.75 Å². The first kappa shape index (κ1) is 20.7. The van der Waals surface area contributed by atoms with Gasteiger partial charge in [-0.25, -0.2) is 0 Å². The fourth-order valence-electron chi connectivity index (χ4n) is 3.11. The first-order chi connectivity index (χ1) is 14.0. The molecule has 2 aromatic carbocycles. The monoisotopic (exact) mass is 405 g/mol. The van der Waals surface area contributed by atoms with E-state index in [0.29, 0.717) is 17.1 Å². The van der Waals surface area contributed by atoms with E-state index in [2.05, 4.69) is 16.7 Å². The zero-order valence-corrected chi connectivity index (χ0v) is 17.3. The Morgan fingerprint density at radius 1 is 1.14 bits per heavy atom. The van der Waals surface area contributed by atoms with Gasteiger partial charge in [0.25, 0.3) is 0 Å². The van der Waals surface area contributed by atoms with Crippen LogP contribution in [-0.2, 0) is 16.1 Å². The van der Waals surface area contributed by atoms with Gasteiger partial charge in [-0.05, 0) is 25.0 Å². The van der Waals surface area contributed by atoms with Crippen LogP contribution < -0.4 is 10.6 Å². The van der Waals surface area contributed by atoms with Gasteiger partial charge in [-0.3, -0.25) is 9.59 Å². The van der Waals surface area contributed by atoms with E-state index in [9.17, 15) is 14.9 Å². The zero-order chi connectivity index (χ0) is 20.8. The minimum atomic E-state index is -0.285. The number of carbonyl (C=O) groups excluding carboxylic acids is 2. The van der Waals surface area contributed by atoms with Gasteiger partial charge in [0.05, 0.1) is 22.4 Å². The molecule has 1 aliphatic rings. The van der Waals surface area contributed by atoms with Gasteiger partial charge < -0.3 is 10.6 Å². The number of thioether (sulfide) groups is 1. The number of hydrogen-bond acceptors (Lipinski definition) is 4. The molecule has 3 rings (SSSR count). The molecule has 1 aliphatic heterocycles. The predicted molar refractivity (Wildman–Crippen MR) is 115 cm³/mol. The highest BCUT2D eigenvalue weighted by Crippen LogP contribution is 2.35. The van der Waals surface area contributed by atoms with Crippen LogP contribution in [0.1, 0.15) is 34.6 Å². The van der Waals surface area contributed by atoms with E-state index in [4.69, 9.17) is 0 Å². The van der Waals surface area contributed by atoms with Crippen molar-refractivity contribution >= 4 is 23.6 Å². The Balaban J connectivity index is 1.66. The Hall–Kier alpha value is -3.04. The van der Waals surface area contributed by atoms with Gasteiger partial charge >= 0.3 is 0 Å². The van der Waals surface area contributed by atoms with Gasteiger partial charge in [0.2, 0.25) is 11.8 Å². The van der Waals surface area contributed by atoms with Crippen molar-refractivity contribution in [3.63, 3.8) is 0 Å². The maximum absolute atomic E-state index is 12.2. The summed E-state index contributed by atoms with van der Waals surface area (Å²) in [5.41, 5.74) is 4.75. The minimum Gasteiger partial charge on any atom is -0.351 e. The molecule has 0 saturated carbocycles. The molecule has 6 heteroatoms. The number of amides is 2. The second kappa shape index (κ2) is 9.44. The third-order valence-electron chi connectivity index (χ3n) is 4.79. The lowest BCUT2D eigenvalue weighted by Gasteiger charge is -2.25. The second-order valence-electron chi connectivity index (χ2n) is 7.12. The molecule has 1 heterocycles. The molecule has 1 atom stereocenters. The number of benzene rings is 2. The minimum absolute atomic E-state index is 0.132. The zero-order valence-electron chi connectivity index (χ0n) is 16.5. The van der Waals surface area contributed by atoms with E-state index in [1.54, 1.807) is 0 Å². The number of aryl methyl sites for hydroxylation is 2. The summed E-state index contributed by atoms with van der Waals surface area (Å²) < 4.78 is 0. The summed E-state index contributed by atoms with van der Waals surface area (Å²) in [7, 11) is 0. The van der Waals surface area contributed by atoms with Crippen molar-refractivity contribution in [2.45, 2.75) is 32.7 Å². The molecule has 2 aromatic rings. The highest BCUT2D eigenvalue weighted by atomic mass is 32.2. The molecule has 5 nitrogen and oxygen atoms in total. The van der Waals surface area contributed by atoms with Gasteiger partial charge in [-0.1, -0.05) is 71.4 Å². The van der Waals surface area contributed by atoms with Crippen LogP contribution in [0.25, 0.3) is 0 Å². The van der Waals surface area contributed by atoms with Crippen LogP contribution in [-0.4, -0.2) is 17.6 Å². The summed E-state index contributed by atoms with van der Waals surface area (Å²) in [6, 6.07) is 18.1. The molecule has 0 aliphatic carbocycles. The van der Waals surface area contributed by atoms with Crippen LogP contribution in [0.2, 0.25) is 0 Å². The van der Waals surface area contributed by atoms with Crippen LogP contribution in [0.3, 0.4) is 0 Å². The van der Waals surface area contributed by atoms with E-state index >= 15 is 0 Å². The Labute approximate surface area is 175 Å². The summed E-state index contributed by atoms with van der Waals surface area (Å²) in [6.45, 7) is 4.46. The molecule has 2 amide bonds. The van der Waals surface area contributed by atoms with Crippen molar-refractivity contribution in [1.82, 2.24) is 10.6 Å². The van der Waals surface area contributed by atoms with Crippen LogP contribution >= 0.6 is 11.8 Å². The summed E-state index contributed by atoms with van der Waals surface area (Å²) in [4.78, 5) is 24.4. The van der Waals surface area contributed by atoms with Gasteiger partial charge in [0.1, 0.15) is 0 Å². The maximum Gasteiger partial charge on any atom is 0.230 e. The van der Waals surface area contributed by atoms with Crippen LogP contribution in [0.4, 0.5) is 0 Å². The Morgan fingerprint density at radius 2 is 1.76 bits per heavy atom. The number of nitrogens with one attached hydrogen (secondary N) is 2. The number of hydrogen-bond donors (Lipinski definition) is 2. The largest absolute Gasteiger partial charge is 0.351 e. The van der Waals surface area contributed by atoms with Crippen molar-refractivity contribution in [2.24, 2.45) is 0 Å². The van der Waals surface area contributed by atoms with E-state index in [1.165, 1.54) is 17.3 Å². The van der Waals surface area contributed by atoms with Crippen LogP contribution in [0.5, 0.6) is 0 Å². The third kappa shape index (κ3) is 5.49. The van der Waals surface area contributed by atoms with Crippen LogP contribution in [0.15, 0.2) is 59.1 Å². The Bertz CT molecular complexity index is 973. The second-order valence-corrected chi connectivity index (χ2v) is 8.11. The molecule has 0 radical (unpaired) electrons. The summed E-state index contributed by atoms with van der Waals surface area (Å²) in [6.07, 6.45) is 0.232. The summed E-state index contributed by atoms with van der Waals surface area (Å²) >= 11 is 1.19. The van der Waals surface area contributed by atoms with E-state index < -0.39 is 0 Å². The first-order valence-electron chi connectivity index (χ1n) is 9.42. The fourth-order valence-corrected chi connectivity index (χ4v) is 4.02. The van der Waals surface area contributed by atoms with Gasteiger partial charge in [-0.15, -0.1) is 0 Å². The molecular formula is C23H23N3O2S. The SMILES string of the molecule is Cc1ccc(CNC(=O)CSC2=C(C#N)[C@H](c3ccc(C)cc3)CC(=O)N2)cc1. The lowest BCUT2D eigenvalue weighted by atomic mass is 9.87. The van der Waals surface area contributed by atoms with E-state index in [1.807, 2.05) is 62.4 Å².